The first-order valence-electron chi connectivity index (χ1n) is 15.8. The maximum atomic E-state index is 13.1. The van der Waals surface area contributed by atoms with Crippen molar-refractivity contribution >= 4 is 23.7 Å². The smallest absolute Gasteiger partial charge is 0.317 e. The summed E-state index contributed by atoms with van der Waals surface area (Å²) >= 11 is 0. The lowest BCUT2D eigenvalue weighted by molar-refractivity contribution is -0.172. The minimum Gasteiger partial charge on any atom is -0.481 e. The number of hydrogen-bond donors (Lipinski definition) is 2. The summed E-state index contributed by atoms with van der Waals surface area (Å²) in [4.78, 5) is 47.9. The fraction of sp³-hybridized carbons (Fsp3) is 0.824. The van der Waals surface area contributed by atoms with Crippen LogP contribution >= 0.6 is 0 Å². The van der Waals surface area contributed by atoms with E-state index in [1.54, 1.807) is 25.0 Å². The highest BCUT2D eigenvalue weighted by molar-refractivity contribution is 5.90. The molecule has 0 unspecified atom stereocenters. The molecule has 4 aliphatic rings. The number of allylic oxidation sites excluding steroid dienone is 2. The zero-order chi connectivity index (χ0) is 30.7. The van der Waals surface area contributed by atoms with Crippen molar-refractivity contribution in [3.8, 4) is 0 Å². The molecule has 41 heavy (non-hydrogen) atoms. The molecular formula is C34H52O7. The fourth-order valence-electron chi connectivity index (χ4n) is 10.3. The van der Waals surface area contributed by atoms with Crippen molar-refractivity contribution in [3.63, 3.8) is 0 Å². The third-order valence-corrected chi connectivity index (χ3v) is 13.2. The molecular weight excluding hydrogens is 520 g/mol. The number of carbonyl (C=O) groups is 4. The Morgan fingerprint density at radius 1 is 0.854 bits per heavy atom. The number of carboxylic acids is 2. The lowest BCUT2D eigenvalue weighted by Crippen LogP contribution is -2.56. The van der Waals surface area contributed by atoms with Gasteiger partial charge in [0.2, 0.25) is 0 Å². The Kier molecular flexibility index (Phi) is 8.38. The highest BCUT2D eigenvalue weighted by atomic mass is 16.5. The summed E-state index contributed by atoms with van der Waals surface area (Å²) in [6, 6.07) is 0. The van der Waals surface area contributed by atoms with Gasteiger partial charge in [0.05, 0.1) is 5.92 Å². The summed E-state index contributed by atoms with van der Waals surface area (Å²) in [5.41, 5.74) is 3.19. The largest absolute Gasteiger partial charge is 0.481 e. The highest BCUT2D eigenvalue weighted by Gasteiger charge is 2.63. The second kappa shape index (κ2) is 10.8. The van der Waals surface area contributed by atoms with Crippen molar-refractivity contribution in [3.05, 3.63) is 11.1 Å². The Bertz CT molecular complexity index is 1140. The van der Waals surface area contributed by atoms with Crippen LogP contribution in [0.5, 0.6) is 0 Å². The van der Waals surface area contributed by atoms with Gasteiger partial charge in [0, 0.05) is 17.8 Å². The molecule has 0 amide bonds. The van der Waals surface area contributed by atoms with Crippen molar-refractivity contribution in [2.24, 2.45) is 51.2 Å². The van der Waals surface area contributed by atoms with Gasteiger partial charge in [-0.05, 0) is 85.4 Å². The second-order valence-corrected chi connectivity index (χ2v) is 15.3. The van der Waals surface area contributed by atoms with Gasteiger partial charge in [-0.25, -0.2) is 0 Å². The van der Waals surface area contributed by atoms with E-state index >= 15 is 0 Å². The molecule has 2 N–H and O–H groups in total. The molecule has 2 saturated carbocycles. The highest BCUT2D eigenvalue weighted by Crippen LogP contribution is 2.72. The lowest BCUT2D eigenvalue weighted by Gasteiger charge is -2.62. The standard InChI is InChI=1S/C34H52O7/c1-19(17-25(35)20(2)21(3)30(39)40)22-11-15-34(8)24-9-10-26-31(4,5)27(41-29(38)18-28(36)37)13-14-32(26,6)23(24)12-16-33(22,34)7/h19-22,26-27H,9-18H2,1-8H3,(H,36,37)(H,39,40)/t19-,20+,21+,22+,26-,27+,32+,33+,34-/m0/s1. The zero-order valence-corrected chi connectivity index (χ0v) is 26.5. The summed E-state index contributed by atoms with van der Waals surface area (Å²) in [6.45, 7) is 17.3. The Morgan fingerprint density at radius 3 is 2.12 bits per heavy atom. The number of hydrogen-bond acceptors (Lipinski definition) is 5. The van der Waals surface area contributed by atoms with Gasteiger partial charge in [-0.2, -0.15) is 0 Å². The van der Waals surface area contributed by atoms with Gasteiger partial charge >= 0.3 is 17.9 Å². The predicted molar refractivity (Wildman–Crippen MR) is 156 cm³/mol. The predicted octanol–water partition coefficient (Wildman–Crippen LogP) is 7.07. The van der Waals surface area contributed by atoms with Gasteiger partial charge in [-0.15, -0.1) is 0 Å². The summed E-state index contributed by atoms with van der Waals surface area (Å²) in [5.74, 6) is -2.81. The third kappa shape index (κ3) is 5.07. The minimum atomic E-state index is -1.16. The number of ether oxygens (including phenoxy) is 1. The Labute approximate surface area is 245 Å². The van der Waals surface area contributed by atoms with Gasteiger partial charge in [0.25, 0.3) is 0 Å². The van der Waals surface area contributed by atoms with Gasteiger partial charge in [-0.3, -0.25) is 19.2 Å². The first kappa shape index (κ1) is 31.7. The minimum absolute atomic E-state index is 0.0270. The van der Waals surface area contributed by atoms with E-state index < -0.39 is 36.2 Å². The summed E-state index contributed by atoms with van der Waals surface area (Å²) in [5, 5.41) is 18.4. The number of carboxylic acid groups (broad SMARTS) is 2. The van der Waals surface area contributed by atoms with E-state index in [0.717, 1.165) is 51.4 Å². The number of Topliss-reactive ketones (excluding diaryl/α,β-unsaturated/α-hetero) is 1. The van der Waals surface area contributed by atoms with Crippen molar-refractivity contribution < 1.29 is 34.1 Å². The van der Waals surface area contributed by atoms with Crippen LogP contribution < -0.4 is 0 Å². The van der Waals surface area contributed by atoms with E-state index in [1.807, 2.05) is 0 Å². The molecule has 7 heteroatoms. The molecule has 9 atom stereocenters. The van der Waals surface area contributed by atoms with Crippen LogP contribution in [0.3, 0.4) is 0 Å². The summed E-state index contributed by atoms with van der Waals surface area (Å²) < 4.78 is 5.77. The van der Waals surface area contributed by atoms with E-state index in [0.29, 0.717) is 18.3 Å². The zero-order valence-electron chi connectivity index (χ0n) is 26.5. The first-order valence-corrected chi connectivity index (χ1v) is 15.8. The Hall–Kier alpha value is -2.18. The number of fused-ring (bicyclic) bond motifs is 4. The SMILES string of the molecule is C[C@@H](CC(=O)[C@H](C)[C@@H](C)C(=O)O)[C@H]1CC[C@@]2(C)C3=C(CC[C@]12C)[C@@]1(C)CC[C@@H](OC(=O)CC(=O)O)C(C)(C)[C@@H]1CC3. The molecule has 0 bridgehead atoms. The second-order valence-electron chi connectivity index (χ2n) is 15.3. The topological polar surface area (TPSA) is 118 Å². The number of esters is 1. The average molecular weight is 573 g/mol. The van der Waals surface area contributed by atoms with Crippen LogP contribution in [0.4, 0.5) is 0 Å². The molecule has 0 aromatic rings. The van der Waals surface area contributed by atoms with Crippen LogP contribution in [0.1, 0.15) is 120 Å². The van der Waals surface area contributed by atoms with E-state index in [1.165, 1.54) is 0 Å². The molecule has 0 heterocycles. The molecule has 2 fully saturated rings. The lowest BCUT2D eigenvalue weighted by atomic mass is 9.43. The number of ketones is 1. The van der Waals surface area contributed by atoms with Gasteiger partial charge < -0.3 is 14.9 Å². The fourth-order valence-corrected chi connectivity index (χ4v) is 10.3. The Morgan fingerprint density at radius 2 is 1.51 bits per heavy atom. The molecule has 0 aromatic heterocycles. The van der Waals surface area contributed by atoms with Gasteiger partial charge in [-0.1, -0.05) is 66.5 Å². The molecule has 230 valence electrons. The monoisotopic (exact) mass is 572 g/mol. The Balaban J connectivity index is 1.56. The van der Waals surface area contributed by atoms with Crippen molar-refractivity contribution in [1.82, 2.24) is 0 Å². The van der Waals surface area contributed by atoms with Crippen LogP contribution in [0.15, 0.2) is 11.1 Å². The summed E-state index contributed by atoms with van der Waals surface area (Å²) in [7, 11) is 0. The molecule has 4 aliphatic carbocycles. The van der Waals surface area contributed by atoms with Gasteiger partial charge in [0.15, 0.2) is 0 Å². The molecule has 0 aromatic carbocycles. The van der Waals surface area contributed by atoms with Crippen molar-refractivity contribution in [2.75, 3.05) is 0 Å². The van der Waals surface area contributed by atoms with Gasteiger partial charge in [0.1, 0.15) is 18.3 Å². The number of aliphatic carboxylic acids is 2. The quantitative estimate of drug-likeness (QED) is 0.172. The first-order chi connectivity index (χ1) is 18.9. The maximum Gasteiger partial charge on any atom is 0.317 e. The average Bonchev–Trinajstić information content (AvgIpc) is 3.15. The van der Waals surface area contributed by atoms with Crippen molar-refractivity contribution in [2.45, 2.75) is 126 Å². The third-order valence-electron chi connectivity index (χ3n) is 13.2. The van der Waals surface area contributed by atoms with E-state index in [2.05, 4.69) is 41.5 Å². The molecule has 7 nitrogen and oxygen atoms in total. The van der Waals surface area contributed by atoms with Crippen LogP contribution in [0, 0.1) is 51.2 Å². The van der Waals surface area contributed by atoms with Crippen LogP contribution in [-0.2, 0) is 23.9 Å². The molecule has 0 spiro atoms. The normalized spacial score (nSPS) is 38.1. The maximum absolute atomic E-state index is 13.1. The molecule has 0 radical (unpaired) electrons. The van der Waals surface area contributed by atoms with Crippen LogP contribution in [-0.4, -0.2) is 40.0 Å². The van der Waals surface area contributed by atoms with Crippen LogP contribution in [0.25, 0.3) is 0 Å². The molecule has 4 rings (SSSR count). The molecule has 0 saturated heterocycles. The van der Waals surface area contributed by atoms with Crippen LogP contribution in [0.2, 0.25) is 0 Å². The van der Waals surface area contributed by atoms with E-state index in [9.17, 15) is 24.3 Å². The number of carbonyl (C=O) groups excluding carboxylic acids is 2. The summed E-state index contributed by atoms with van der Waals surface area (Å²) in [6.07, 6.45) is 7.67. The van der Waals surface area contributed by atoms with E-state index in [-0.39, 0.29) is 39.5 Å². The van der Waals surface area contributed by atoms with Crippen molar-refractivity contribution in [1.29, 1.82) is 0 Å². The van der Waals surface area contributed by atoms with E-state index in [4.69, 9.17) is 9.84 Å². The molecule has 0 aliphatic heterocycles. The number of rotatable bonds is 9.